The van der Waals surface area contributed by atoms with Crippen LogP contribution in [-0.2, 0) is 6.42 Å². The zero-order valence-electron chi connectivity index (χ0n) is 16.2. The highest BCUT2D eigenvalue weighted by atomic mass is 127. The number of benzene rings is 1. The van der Waals surface area contributed by atoms with E-state index in [1.165, 1.54) is 0 Å². The highest BCUT2D eigenvalue weighted by Crippen LogP contribution is 2.15. The first kappa shape index (κ1) is 23.4. The van der Waals surface area contributed by atoms with Gasteiger partial charge in [0.25, 0.3) is 0 Å². The van der Waals surface area contributed by atoms with E-state index in [2.05, 4.69) is 25.8 Å². The molecule has 3 N–H and O–H groups in total. The number of aromatic nitrogens is 2. The van der Waals surface area contributed by atoms with E-state index < -0.39 is 0 Å². The van der Waals surface area contributed by atoms with E-state index in [4.69, 9.17) is 4.52 Å². The summed E-state index contributed by atoms with van der Waals surface area (Å²) in [4.78, 5) is 8.96. The van der Waals surface area contributed by atoms with E-state index in [1.54, 1.807) is 0 Å². The van der Waals surface area contributed by atoms with Gasteiger partial charge in [-0.1, -0.05) is 49.3 Å². The minimum absolute atomic E-state index is 0. The number of nitrogens with zero attached hydrogens (tertiary/aromatic N) is 3. The lowest BCUT2D eigenvalue weighted by Gasteiger charge is -2.15. The SMILES string of the molecule is CCNC(=NCC(CO)c1ccccc1)NCCc1nc(C(C)C)no1.I. The van der Waals surface area contributed by atoms with Crippen molar-refractivity contribution in [1.82, 2.24) is 20.8 Å². The van der Waals surface area contributed by atoms with Crippen LogP contribution in [-0.4, -0.2) is 47.4 Å². The first-order valence-electron chi connectivity index (χ1n) is 9.14. The fraction of sp³-hybridized carbons (Fsp3) is 0.526. The molecular formula is C19H30IN5O2. The normalized spacial score (nSPS) is 12.6. The molecule has 0 fully saturated rings. The molecule has 0 radical (unpaired) electrons. The maximum absolute atomic E-state index is 9.66. The van der Waals surface area contributed by atoms with Gasteiger partial charge in [0, 0.05) is 31.3 Å². The van der Waals surface area contributed by atoms with Crippen molar-refractivity contribution >= 4 is 29.9 Å². The molecule has 1 unspecified atom stereocenters. The molecule has 27 heavy (non-hydrogen) atoms. The Balaban J connectivity index is 0.00000364. The van der Waals surface area contributed by atoms with Gasteiger partial charge in [0.05, 0.1) is 13.2 Å². The summed E-state index contributed by atoms with van der Waals surface area (Å²) < 4.78 is 5.25. The molecule has 0 bridgehead atoms. The van der Waals surface area contributed by atoms with Gasteiger partial charge in [-0.15, -0.1) is 24.0 Å². The first-order chi connectivity index (χ1) is 12.6. The molecule has 1 aromatic carbocycles. The predicted molar refractivity (Wildman–Crippen MR) is 118 cm³/mol. The van der Waals surface area contributed by atoms with Crippen LogP contribution in [0, 0.1) is 0 Å². The van der Waals surface area contributed by atoms with Crippen molar-refractivity contribution in [3.05, 3.63) is 47.6 Å². The van der Waals surface area contributed by atoms with Crippen LogP contribution in [0.25, 0.3) is 0 Å². The summed E-state index contributed by atoms with van der Waals surface area (Å²) in [6.07, 6.45) is 0.631. The summed E-state index contributed by atoms with van der Waals surface area (Å²) >= 11 is 0. The number of guanidine groups is 1. The zero-order valence-corrected chi connectivity index (χ0v) is 18.5. The third kappa shape index (κ3) is 7.84. The van der Waals surface area contributed by atoms with Crippen LogP contribution in [0.15, 0.2) is 39.8 Å². The van der Waals surface area contributed by atoms with Crippen molar-refractivity contribution in [3.63, 3.8) is 0 Å². The van der Waals surface area contributed by atoms with Gasteiger partial charge in [0.2, 0.25) is 5.89 Å². The molecule has 7 nitrogen and oxygen atoms in total. The minimum Gasteiger partial charge on any atom is -0.396 e. The number of hydrogen-bond donors (Lipinski definition) is 3. The lowest BCUT2D eigenvalue weighted by Crippen LogP contribution is -2.38. The van der Waals surface area contributed by atoms with Crippen molar-refractivity contribution in [2.45, 2.75) is 39.0 Å². The van der Waals surface area contributed by atoms with Crippen LogP contribution in [0.1, 0.15) is 49.9 Å². The van der Waals surface area contributed by atoms with Gasteiger partial charge in [0.15, 0.2) is 11.8 Å². The van der Waals surface area contributed by atoms with E-state index in [0.29, 0.717) is 31.4 Å². The lowest BCUT2D eigenvalue weighted by molar-refractivity contribution is 0.268. The molecule has 1 atom stereocenters. The predicted octanol–water partition coefficient (Wildman–Crippen LogP) is 2.68. The van der Waals surface area contributed by atoms with E-state index in [1.807, 2.05) is 51.1 Å². The fourth-order valence-corrected chi connectivity index (χ4v) is 2.43. The van der Waals surface area contributed by atoms with Crippen LogP contribution >= 0.6 is 24.0 Å². The summed E-state index contributed by atoms with van der Waals surface area (Å²) in [6.45, 7) is 8.06. The monoisotopic (exact) mass is 487 g/mol. The summed E-state index contributed by atoms with van der Waals surface area (Å²) in [5.74, 6) is 2.30. The molecule has 0 aliphatic rings. The average Bonchev–Trinajstić information content (AvgIpc) is 3.12. The number of halogens is 1. The Labute approximate surface area is 178 Å². The molecule has 0 aliphatic carbocycles. The van der Waals surface area contributed by atoms with Crippen LogP contribution in [0.3, 0.4) is 0 Å². The van der Waals surface area contributed by atoms with Gasteiger partial charge >= 0.3 is 0 Å². The molecule has 2 rings (SSSR count). The number of aliphatic hydroxyl groups is 1. The van der Waals surface area contributed by atoms with Crippen molar-refractivity contribution in [1.29, 1.82) is 0 Å². The number of hydrogen-bond acceptors (Lipinski definition) is 5. The molecule has 1 heterocycles. The van der Waals surface area contributed by atoms with Crippen LogP contribution in [0.4, 0.5) is 0 Å². The third-order valence-electron chi connectivity index (χ3n) is 3.94. The second kappa shape index (κ2) is 12.7. The maximum Gasteiger partial charge on any atom is 0.228 e. The Morgan fingerprint density at radius 3 is 2.56 bits per heavy atom. The molecule has 1 aromatic heterocycles. The molecular weight excluding hydrogens is 457 g/mol. The molecule has 0 spiro atoms. The molecule has 0 saturated carbocycles. The van der Waals surface area contributed by atoms with E-state index in [0.717, 1.165) is 17.9 Å². The standard InChI is InChI=1S/C19H29N5O2.HI/c1-4-20-19(21-11-10-17-23-18(14(2)3)24-26-17)22-12-16(13-25)15-8-6-5-7-9-15;/h5-9,14,16,25H,4,10-13H2,1-3H3,(H2,20,21,22);1H. The molecule has 8 heteroatoms. The van der Waals surface area contributed by atoms with E-state index in [-0.39, 0.29) is 42.4 Å². The molecule has 2 aromatic rings. The number of rotatable bonds is 9. The first-order valence-corrected chi connectivity index (χ1v) is 9.14. The second-order valence-electron chi connectivity index (χ2n) is 6.39. The van der Waals surface area contributed by atoms with Gasteiger partial charge in [-0.2, -0.15) is 4.98 Å². The molecule has 150 valence electrons. The van der Waals surface area contributed by atoms with Crippen molar-refractivity contribution < 1.29 is 9.63 Å². The summed E-state index contributed by atoms with van der Waals surface area (Å²) in [6, 6.07) is 9.94. The van der Waals surface area contributed by atoms with Gasteiger partial charge in [-0.05, 0) is 12.5 Å². The molecule has 0 saturated heterocycles. The summed E-state index contributed by atoms with van der Waals surface area (Å²) in [5, 5.41) is 20.1. The van der Waals surface area contributed by atoms with Gasteiger partial charge < -0.3 is 20.3 Å². The van der Waals surface area contributed by atoms with E-state index in [9.17, 15) is 5.11 Å². The van der Waals surface area contributed by atoms with Crippen LogP contribution in [0.5, 0.6) is 0 Å². The lowest BCUT2D eigenvalue weighted by atomic mass is 10.0. The van der Waals surface area contributed by atoms with Crippen molar-refractivity contribution in [3.8, 4) is 0 Å². The van der Waals surface area contributed by atoms with Crippen molar-refractivity contribution in [2.75, 3.05) is 26.2 Å². The third-order valence-corrected chi connectivity index (χ3v) is 3.94. The maximum atomic E-state index is 9.66. The Bertz CT molecular complexity index is 676. The highest BCUT2D eigenvalue weighted by Gasteiger charge is 2.11. The zero-order chi connectivity index (χ0) is 18.8. The fourth-order valence-electron chi connectivity index (χ4n) is 2.43. The second-order valence-corrected chi connectivity index (χ2v) is 6.39. The van der Waals surface area contributed by atoms with Crippen LogP contribution in [0.2, 0.25) is 0 Å². The summed E-state index contributed by atoms with van der Waals surface area (Å²) in [5.41, 5.74) is 1.08. The Kier molecular flexibility index (Phi) is 11.0. The summed E-state index contributed by atoms with van der Waals surface area (Å²) in [7, 11) is 0. The molecule has 0 aliphatic heterocycles. The Morgan fingerprint density at radius 2 is 1.96 bits per heavy atom. The van der Waals surface area contributed by atoms with Gasteiger partial charge in [0.1, 0.15) is 0 Å². The van der Waals surface area contributed by atoms with E-state index >= 15 is 0 Å². The highest BCUT2D eigenvalue weighted by molar-refractivity contribution is 14.0. The number of nitrogens with one attached hydrogen (secondary N) is 2. The number of aliphatic hydroxyl groups excluding tert-OH is 1. The largest absolute Gasteiger partial charge is 0.396 e. The average molecular weight is 487 g/mol. The quantitative estimate of drug-likeness (QED) is 0.286. The smallest absolute Gasteiger partial charge is 0.228 e. The minimum atomic E-state index is -0.0174. The van der Waals surface area contributed by atoms with Gasteiger partial charge in [-0.3, -0.25) is 4.99 Å². The topological polar surface area (TPSA) is 95.6 Å². The van der Waals surface area contributed by atoms with Crippen LogP contribution < -0.4 is 10.6 Å². The Morgan fingerprint density at radius 1 is 1.22 bits per heavy atom. The van der Waals surface area contributed by atoms with Gasteiger partial charge in [-0.25, -0.2) is 0 Å². The number of aliphatic imine (C=N–C) groups is 1. The Hall–Kier alpha value is -1.68. The van der Waals surface area contributed by atoms with Crippen molar-refractivity contribution in [2.24, 2.45) is 4.99 Å². The molecule has 0 amide bonds.